The Morgan fingerprint density at radius 3 is 2.74 bits per heavy atom. The maximum Gasteiger partial charge on any atom is 0.320 e. The summed E-state index contributed by atoms with van der Waals surface area (Å²) in [6, 6.07) is 0.268. The van der Waals surface area contributed by atoms with Gasteiger partial charge in [0.1, 0.15) is 6.04 Å². The fourth-order valence-corrected chi connectivity index (χ4v) is 4.28. The Hall–Kier alpha value is -0.610. The predicted molar refractivity (Wildman–Crippen MR) is 72.0 cm³/mol. The number of fused-ring (bicyclic) bond motifs is 1. The summed E-state index contributed by atoms with van der Waals surface area (Å²) in [4.78, 5) is 13.9. The quantitative estimate of drug-likeness (QED) is 0.851. The van der Waals surface area contributed by atoms with Gasteiger partial charge in [-0.2, -0.15) is 0 Å². The molecule has 4 atom stereocenters. The zero-order valence-corrected chi connectivity index (χ0v) is 11.6. The molecule has 0 aromatic rings. The monoisotopic (exact) mass is 267 g/mol. The summed E-state index contributed by atoms with van der Waals surface area (Å²) in [5.41, 5.74) is 0. The lowest BCUT2D eigenvalue weighted by molar-refractivity contribution is -0.148. The molecule has 2 heterocycles. The molecule has 4 nitrogen and oxygen atoms in total. The lowest BCUT2D eigenvalue weighted by Gasteiger charge is -2.48. The van der Waals surface area contributed by atoms with Crippen LogP contribution in [0.25, 0.3) is 0 Å². The summed E-state index contributed by atoms with van der Waals surface area (Å²) in [7, 11) is 0. The molecule has 0 aromatic carbocycles. The number of rotatable bonds is 3. The van der Waals surface area contributed by atoms with Crippen molar-refractivity contribution in [3.63, 3.8) is 0 Å². The highest BCUT2D eigenvalue weighted by atomic mass is 16.5. The number of aliphatic carboxylic acids is 1. The number of hydrogen-bond donors (Lipinski definition) is 1. The second kappa shape index (κ2) is 5.80. The van der Waals surface area contributed by atoms with E-state index in [1.54, 1.807) is 0 Å². The van der Waals surface area contributed by atoms with Crippen LogP contribution in [0.2, 0.25) is 0 Å². The van der Waals surface area contributed by atoms with E-state index in [9.17, 15) is 9.90 Å². The van der Waals surface area contributed by atoms with Gasteiger partial charge in [0.25, 0.3) is 0 Å². The fourth-order valence-electron chi connectivity index (χ4n) is 4.28. The van der Waals surface area contributed by atoms with Crippen molar-refractivity contribution in [3.8, 4) is 0 Å². The van der Waals surface area contributed by atoms with Crippen LogP contribution in [0.1, 0.15) is 44.9 Å². The summed E-state index contributed by atoms with van der Waals surface area (Å²) in [5, 5.41) is 9.50. The molecule has 19 heavy (non-hydrogen) atoms. The van der Waals surface area contributed by atoms with Crippen LogP contribution in [0.4, 0.5) is 0 Å². The first-order chi connectivity index (χ1) is 9.25. The molecule has 2 aliphatic heterocycles. The molecule has 1 aliphatic carbocycles. The third kappa shape index (κ3) is 2.79. The second-order valence-electron chi connectivity index (χ2n) is 6.47. The fraction of sp³-hybridized carbons (Fsp3) is 0.933. The van der Waals surface area contributed by atoms with E-state index in [-0.39, 0.29) is 6.04 Å². The van der Waals surface area contributed by atoms with Gasteiger partial charge in [-0.1, -0.05) is 12.8 Å². The highest BCUT2D eigenvalue weighted by molar-refractivity contribution is 5.73. The van der Waals surface area contributed by atoms with Crippen LogP contribution in [0, 0.1) is 11.8 Å². The molecule has 0 bridgehead atoms. The summed E-state index contributed by atoms with van der Waals surface area (Å²) >= 11 is 0. The van der Waals surface area contributed by atoms with Crippen molar-refractivity contribution in [3.05, 3.63) is 0 Å². The molecule has 1 saturated carbocycles. The Morgan fingerprint density at radius 1 is 1.16 bits per heavy atom. The average molecular weight is 267 g/mol. The maximum atomic E-state index is 11.5. The number of likely N-dealkylation sites (tertiary alicyclic amines) is 1. The second-order valence-corrected chi connectivity index (χ2v) is 6.47. The Bertz CT molecular complexity index is 327. The molecule has 1 N–H and O–H groups in total. The lowest BCUT2D eigenvalue weighted by atomic mass is 9.76. The minimum absolute atomic E-state index is 0.250. The Labute approximate surface area is 115 Å². The van der Waals surface area contributed by atoms with Crippen LogP contribution in [0.15, 0.2) is 0 Å². The first-order valence-electron chi connectivity index (χ1n) is 7.82. The molecule has 4 heteroatoms. The molecule has 4 unspecified atom stereocenters. The summed E-state index contributed by atoms with van der Waals surface area (Å²) in [6.07, 6.45) is 8.14. The number of ether oxygens (including phenoxy) is 1. The predicted octanol–water partition coefficient (Wildman–Crippen LogP) is 2.13. The van der Waals surface area contributed by atoms with E-state index in [0.717, 1.165) is 44.9 Å². The minimum Gasteiger partial charge on any atom is -0.480 e. The molecule has 3 rings (SSSR count). The van der Waals surface area contributed by atoms with E-state index in [1.807, 2.05) is 0 Å². The van der Waals surface area contributed by atoms with Crippen molar-refractivity contribution >= 4 is 5.97 Å². The standard InChI is InChI=1S/C15H25NO3/c17-15(18)14-6-5-12-3-1-2-4-13(12)16(14)9-11-7-8-19-10-11/h11-14H,1-10H2,(H,17,18). The highest BCUT2D eigenvalue weighted by Gasteiger charge is 2.42. The van der Waals surface area contributed by atoms with E-state index in [2.05, 4.69) is 4.90 Å². The number of piperidine rings is 1. The molecule has 2 saturated heterocycles. The number of carboxylic acids is 1. The van der Waals surface area contributed by atoms with Gasteiger partial charge in [-0.15, -0.1) is 0 Å². The van der Waals surface area contributed by atoms with Gasteiger partial charge in [-0.25, -0.2) is 0 Å². The average Bonchev–Trinajstić information content (AvgIpc) is 2.92. The first kappa shape index (κ1) is 13.4. The van der Waals surface area contributed by atoms with Crippen LogP contribution in [-0.4, -0.2) is 47.8 Å². The van der Waals surface area contributed by atoms with E-state index >= 15 is 0 Å². The van der Waals surface area contributed by atoms with E-state index in [1.165, 1.54) is 25.7 Å². The maximum absolute atomic E-state index is 11.5. The largest absolute Gasteiger partial charge is 0.480 e. The van der Waals surface area contributed by atoms with Crippen molar-refractivity contribution in [1.29, 1.82) is 0 Å². The van der Waals surface area contributed by atoms with Crippen LogP contribution in [-0.2, 0) is 9.53 Å². The van der Waals surface area contributed by atoms with Crippen LogP contribution >= 0.6 is 0 Å². The molecular weight excluding hydrogens is 242 g/mol. The Kier molecular flexibility index (Phi) is 4.08. The van der Waals surface area contributed by atoms with Gasteiger partial charge in [0, 0.05) is 19.2 Å². The highest BCUT2D eigenvalue weighted by Crippen LogP contribution is 2.38. The number of nitrogens with zero attached hydrogens (tertiary/aromatic N) is 1. The molecule has 3 aliphatic rings. The first-order valence-corrected chi connectivity index (χ1v) is 7.82. The number of carbonyl (C=O) groups is 1. The van der Waals surface area contributed by atoms with Crippen molar-refractivity contribution in [2.45, 2.75) is 57.0 Å². The van der Waals surface area contributed by atoms with E-state index < -0.39 is 5.97 Å². The summed E-state index contributed by atoms with van der Waals surface area (Å²) in [5.74, 6) is 0.664. The smallest absolute Gasteiger partial charge is 0.320 e. The molecule has 0 amide bonds. The van der Waals surface area contributed by atoms with Crippen molar-refractivity contribution in [2.75, 3.05) is 19.8 Å². The summed E-state index contributed by atoms with van der Waals surface area (Å²) in [6.45, 7) is 2.60. The van der Waals surface area contributed by atoms with Crippen molar-refractivity contribution in [2.24, 2.45) is 11.8 Å². The van der Waals surface area contributed by atoms with Gasteiger partial charge in [0.15, 0.2) is 0 Å². The van der Waals surface area contributed by atoms with Gasteiger partial charge in [0.2, 0.25) is 0 Å². The van der Waals surface area contributed by atoms with Gasteiger partial charge >= 0.3 is 5.97 Å². The third-order valence-corrected chi connectivity index (χ3v) is 5.28. The molecule has 0 radical (unpaired) electrons. The lowest BCUT2D eigenvalue weighted by Crippen LogP contribution is -2.56. The molecule has 0 aromatic heterocycles. The molecular formula is C15H25NO3. The SMILES string of the molecule is O=C(O)C1CCC2CCCCC2N1CC1CCOC1. The number of hydrogen-bond acceptors (Lipinski definition) is 3. The van der Waals surface area contributed by atoms with Crippen LogP contribution < -0.4 is 0 Å². The third-order valence-electron chi connectivity index (χ3n) is 5.28. The van der Waals surface area contributed by atoms with E-state index in [0.29, 0.717) is 12.0 Å². The van der Waals surface area contributed by atoms with Crippen molar-refractivity contribution < 1.29 is 14.6 Å². The van der Waals surface area contributed by atoms with Crippen molar-refractivity contribution in [1.82, 2.24) is 4.90 Å². The molecule has 0 spiro atoms. The van der Waals surface area contributed by atoms with Crippen LogP contribution in [0.3, 0.4) is 0 Å². The van der Waals surface area contributed by atoms with Gasteiger partial charge in [-0.3, -0.25) is 9.69 Å². The number of carboxylic acid groups (broad SMARTS) is 1. The minimum atomic E-state index is -0.622. The summed E-state index contributed by atoms with van der Waals surface area (Å²) < 4.78 is 5.46. The Morgan fingerprint density at radius 2 is 2.00 bits per heavy atom. The Balaban J connectivity index is 1.73. The molecule has 3 fully saturated rings. The van der Waals surface area contributed by atoms with Gasteiger partial charge in [-0.05, 0) is 43.9 Å². The van der Waals surface area contributed by atoms with Gasteiger partial charge in [0.05, 0.1) is 6.61 Å². The van der Waals surface area contributed by atoms with Gasteiger partial charge < -0.3 is 9.84 Å². The molecule has 108 valence electrons. The zero-order chi connectivity index (χ0) is 13.2. The zero-order valence-electron chi connectivity index (χ0n) is 11.6. The van der Waals surface area contributed by atoms with Crippen LogP contribution in [0.5, 0.6) is 0 Å². The normalized spacial score (nSPS) is 40.0. The topological polar surface area (TPSA) is 49.8 Å². The van der Waals surface area contributed by atoms with E-state index in [4.69, 9.17) is 4.74 Å².